The third-order valence-corrected chi connectivity index (χ3v) is 5.77. The van der Waals surface area contributed by atoms with Gasteiger partial charge in [-0.2, -0.15) is 5.06 Å². The van der Waals surface area contributed by atoms with Crippen molar-refractivity contribution in [3.05, 3.63) is 0 Å². The van der Waals surface area contributed by atoms with Crippen LogP contribution in [0.15, 0.2) is 0 Å². The number of piperidine rings is 1. The molecule has 1 aliphatic rings. The van der Waals surface area contributed by atoms with Crippen LogP contribution in [0.5, 0.6) is 0 Å². The molecule has 1 heterocycles. The Labute approximate surface area is 206 Å². The van der Waals surface area contributed by atoms with Gasteiger partial charge < -0.3 is 25.6 Å². The van der Waals surface area contributed by atoms with Crippen molar-refractivity contribution in [3.63, 3.8) is 0 Å². The lowest BCUT2D eigenvalue weighted by atomic mass is 9.97. The van der Waals surface area contributed by atoms with Crippen molar-refractivity contribution >= 4 is 35.9 Å². The van der Waals surface area contributed by atoms with Crippen molar-refractivity contribution in [2.75, 3.05) is 33.2 Å². The van der Waals surface area contributed by atoms with Crippen molar-refractivity contribution in [1.82, 2.24) is 25.9 Å². The van der Waals surface area contributed by atoms with Crippen molar-refractivity contribution in [1.29, 1.82) is 0 Å². The lowest BCUT2D eigenvalue weighted by Crippen LogP contribution is -2.49. The number of amides is 4. The second kappa shape index (κ2) is 16.6. The van der Waals surface area contributed by atoms with Gasteiger partial charge in [0.1, 0.15) is 6.29 Å². The maximum absolute atomic E-state index is 12.2. The van der Waals surface area contributed by atoms with Crippen LogP contribution in [0.25, 0.3) is 0 Å². The van der Waals surface area contributed by atoms with E-state index in [9.17, 15) is 28.8 Å². The Morgan fingerprint density at radius 1 is 0.857 bits per heavy atom. The maximum Gasteiger partial charge on any atom is 0.334 e. The molecule has 0 aliphatic carbocycles. The van der Waals surface area contributed by atoms with Gasteiger partial charge in [-0.25, -0.2) is 4.79 Å². The molecule has 0 spiro atoms. The minimum Gasteiger partial charge on any atom is -0.356 e. The normalized spacial score (nSPS) is 17.7. The van der Waals surface area contributed by atoms with Crippen LogP contribution in [-0.4, -0.2) is 91.2 Å². The molecule has 0 aromatic rings. The summed E-state index contributed by atoms with van der Waals surface area (Å²) in [6.07, 6.45) is 3.93. The van der Waals surface area contributed by atoms with Gasteiger partial charge in [0.2, 0.25) is 17.7 Å². The zero-order chi connectivity index (χ0) is 26.2. The lowest BCUT2D eigenvalue weighted by molar-refractivity contribution is -0.192. The first-order valence-corrected chi connectivity index (χ1v) is 12.1. The Morgan fingerprint density at radius 3 is 1.91 bits per heavy atom. The Hall–Kier alpha value is -3.02. The molecule has 0 aromatic heterocycles. The van der Waals surface area contributed by atoms with Gasteiger partial charge in [-0.15, -0.1) is 0 Å². The Kier molecular flexibility index (Phi) is 14.2. The summed E-state index contributed by atoms with van der Waals surface area (Å²) in [6, 6.07) is 0.740. The molecule has 12 nitrogen and oxygen atoms in total. The average molecular weight is 498 g/mol. The van der Waals surface area contributed by atoms with E-state index in [0.29, 0.717) is 24.9 Å². The van der Waals surface area contributed by atoms with Crippen molar-refractivity contribution in [3.8, 4) is 0 Å². The van der Waals surface area contributed by atoms with Gasteiger partial charge in [-0.05, 0) is 26.7 Å². The fraction of sp³-hybridized carbons (Fsp3) is 0.739. The number of likely N-dealkylation sites (tertiary alicyclic amines) is 1. The molecular formula is C23H39N5O7. The standard InChI is InChI=1S/C23H39N5O7/c1-17-6-4-7-18(2)28(17)16-21(32)26-13-10-19(30)24-12-9-20(31)25-14-11-23(34)35-27(3)22(33)8-5-15-29/h15,17-18H,4-14,16H2,1-3H3,(H,24,30)(H,25,31)(H,26,32). The number of hydrogen-bond acceptors (Lipinski definition) is 8. The van der Waals surface area contributed by atoms with E-state index in [2.05, 4.69) is 34.7 Å². The summed E-state index contributed by atoms with van der Waals surface area (Å²) >= 11 is 0. The summed E-state index contributed by atoms with van der Waals surface area (Å²) in [6.45, 7) is 4.94. The number of aldehydes is 1. The highest BCUT2D eigenvalue weighted by Gasteiger charge is 2.26. The highest BCUT2D eigenvalue weighted by molar-refractivity contribution is 5.81. The van der Waals surface area contributed by atoms with E-state index in [1.165, 1.54) is 13.5 Å². The molecule has 1 fully saturated rings. The number of rotatable bonds is 14. The fourth-order valence-electron chi connectivity index (χ4n) is 3.71. The van der Waals surface area contributed by atoms with Gasteiger partial charge in [-0.1, -0.05) is 6.42 Å². The molecule has 0 radical (unpaired) electrons. The molecule has 1 rings (SSSR count). The van der Waals surface area contributed by atoms with Gasteiger partial charge in [-0.3, -0.25) is 24.1 Å². The SMILES string of the molecule is CC1CCCC(C)N1CC(=O)NCCC(=O)NCCC(=O)NCCC(=O)ON(C)C(=O)CCC=O. The summed E-state index contributed by atoms with van der Waals surface area (Å²) in [7, 11) is 1.27. The van der Waals surface area contributed by atoms with Crippen LogP contribution in [0.4, 0.5) is 0 Å². The smallest absolute Gasteiger partial charge is 0.334 e. The average Bonchev–Trinajstić information content (AvgIpc) is 2.79. The maximum atomic E-state index is 12.2. The molecule has 1 saturated heterocycles. The molecule has 1 aliphatic heterocycles. The first-order valence-electron chi connectivity index (χ1n) is 12.1. The minimum absolute atomic E-state index is 0.0161. The van der Waals surface area contributed by atoms with Crippen LogP contribution in [0.2, 0.25) is 0 Å². The summed E-state index contributed by atoms with van der Waals surface area (Å²) in [5, 5.41) is 8.67. The van der Waals surface area contributed by atoms with E-state index in [1.54, 1.807) is 0 Å². The van der Waals surface area contributed by atoms with Crippen LogP contribution >= 0.6 is 0 Å². The van der Waals surface area contributed by atoms with Crippen LogP contribution < -0.4 is 16.0 Å². The zero-order valence-electron chi connectivity index (χ0n) is 21.0. The molecule has 4 amide bonds. The second-order valence-electron chi connectivity index (χ2n) is 8.66. The minimum atomic E-state index is -0.702. The van der Waals surface area contributed by atoms with Crippen LogP contribution in [-0.2, 0) is 33.6 Å². The Bertz CT molecular complexity index is 736. The lowest BCUT2D eigenvalue weighted by Gasteiger charge is -2.38. The third kappa shape index (κ3) is 12.9. The van der Waals surface area contributed by atoms with Crippen molar-refractivity contribution < 1.29 is 33.6 Å². The molecule has 0 bridgehead atoms. The fourth-order valence-corrected chi connectivity index (χ4v) is 3.71. The molecule has 2 unspecified atom stereocenters. The van der Waals surface area contributed by atoms with Gasteiger partial charge in [0.05, 0.1) is 13.0 Å². The van der Waals surface area contributed by atoms with Gasteiger partial charge in [0.15, 0.2) is 0 Å². The molecule has 12 heteroatoms. The molecular weight excluding hydrogens is 458 g/mol. The first kappa shape index (κ1) is 30.0. The molecule has 35 heavy (non-hydrogen) atoms. The topological polar surface area (TPSA) is 154 Å². The first-order chi connectivity index (χ1) is 16.6. The Morgan fingerprint density at radius 2 is 1.37 bits per heavy atom. The molecule has 198 valence electrons. The number of hydrogen-bond donors (Lipinski definition) is 3. The van der Waals surface area contributed by atoms with Crippen LogP contribution in [0.3, 0.4) is 0 Å². The molecule has 2 atom stereocenters. The highest BCUT2D eigenvalue weighted by atomic mass is 16.7. The van der Waals surface area contributed by atoms with E-state index >= 15 is 0 Å². The molecule has 3 N–H and O–H groups in total. The second-order valence-corrected chi connectivity index (χ2v) is 8.66. The quantitative estimate of drug-likeness (QED) is 0.218. The number of hydroxylamine groups is 2. The monoisotopic (exact) mass is 497 g/mol. The Balaban J connectivity index is 2.09. The summed E-state index contributed by atoms with van der Waals surface area (Å²) in [5.41, 5.74) is 0. The van der Waals surface area contributed by atoms with E-state index < -0.39 is 11.9 Å². The molecule has 0 aromatic carbocycles. The predicted molar refractivity (Wildman–Crippen MR) is 127 cm³/mol. The summed E-state index contributed by atoms with van der Waals surface area (Å²) in [5.74, 6) is -1.94. The van der Waals surface area contributed by atoms with E-state index in [1.807, 2.05) is 0 Å². The zero-order valence-corrected chi connectivity index (χ0v) is 21.0. The van der Waals surface area contributed by atoms with Crippen molar-refractivity contribution in [2.24, 2.45) is 0 Å². The summed E-state index contributed by atoms with van der Waals surface area (Å²) < 4.78 is 0. The third-order valence-electron chi connectivity index (χ3n) is 5.77. The van der Waals surface area contributed by atoms with Gasteiger partial charge >= 0.3 is 5.97 Å². The van der Waals surface area contributed by atoms with Crippen LogP contribution in [0.1, 0.15) is 65.2 Å². The highest BCUT2D eigenvalue weighted by Crippen LogP contribution is 2.21. The largest absolute Gasteiger partial charge is 0.356 e. The summed E-state index contributed by atoms with van der Waals surface area (Å²) in [4.78, 5) is 76.4. The number of carbonyl (C=O) groups excluding carboxylic acids is 6. The van der Waals surface area contributed by atoms with Crippen molar-refractivity contribution in [2.45, 2.75) is 77.3 Å². The van der Waals surface area contributed by atoms with Gasteiger partial charge in [0, 0.05) is 64.4 Å². The number of nitrogens with zero attached hydrogens (tertiary/aromatic N) is 2. The van der Waals surface area contributed by atoms with E-state index in [0.717, 1.165) is 17.9 Å². The predicted octanol–water partition coefficient (Wildman–Crippen LogP) is -0.336. The van der Waals surface area contributed by atoms with Gasteiger partial charge in [0.25, 0.3) is 5.91 Å². The van der Waals surface area contributed by atoms with E-state index in [4.69, 9.17) is 4.84 Å². The molecule has 0 saturated carbocycles. The van der Waals surface area contributed by atoms with Crippen LogP contribution in [0, 0.1) is 0 Å². The number of nitrogens with one attached hydrogen (secondary N) is 3. The van der Waals surface area contributed by atoms with E-state index in [-0.39, 0.29) is 69.5 Å². The number of carbonyl (C=O) groups is 6.